The molecule has 0 bridgehead atoms. The molecule has 4 aromatic heterocycles. The molecule has 0 aliphatic rings. The van der Waals surface area contributed by atoms with Gasteiger partial charge in [-0.15, -0.1) is 5.10 Å². The number of pyridine rings is 2. The van der Waals surface area contributed by atoms with Crippen molar-refractivity contribution in [2.24, 2.45) is 5.92 Å². The van der Waals surface area contributed by atoms with Gasteiger partial charge in [0.15, 0.2) is 5.82 Å². The highest BCUT2D eigenvalue weighted by Gasteiger charge is 2.30. The number of rotatable bonds is 9. The molecule has 1 unspecified atom stereocenters. The van der Waals surface area contributed by atoms with E-state index in [2.05, 4.69) is 63.3 Å². The summed E-state index contributed by atoms with van der Waals surface area (Å²) in [6.07, 6.45) is 5.26. The predicted octanol–water partition coefficient (Wildman–Crippen LogP) is 4.57. The normalized spacial score (nSPS) is 12.6. The van der Waals surface area contributed by atoms with E-state index < -0.39 is 0 Å². The van der Waals surface area contributed by atoms with Crippen LogP contribution in [0.3, 0.4) is 0 Å². The van der Waals surface area contributed by atoms with Crippen LogP contribution in [-0.4, -0.2) is 35.1 Å². The van der Waals surface area contributed by atoms with Gasteiger partial charge in [0.2, 0.25) is 0 Å². The van der Waals surface area contributed by atoms with E-state index in [-0.39, 0.29) is 17.5 Å². The zero-order valence-electron chi connectivity index (χ0n) is 21.5. The van der Waals surface area contributed by atoms with Crippen molar-refractivity contribution in [1.82, 2.24) is 35.1 Å². The molecule has 0 amide bonds. The first kappa shape index (κ1) is 24.6. The van der Waals surface area contributed by atoms with Crippen molar-refractivity contribution in [2.45, 2.75) is 53.4 Å². The number of furan rings is 1. The third-order valence-electron chi connectivity index (χ3n) is 6.84. The van der Waals surface area contributed by atoms with Crippen LogP contribution < -0.4 is 5.56 Å². The third-order valence-corrected chi connectivity index (χ3v) is 6.84. The van der Waals surface area contributed by atoms with E-state index in [1.807, 2.05) is 43.5 Å². The van der Waals surface area contributed by atoms with Gasteiger partial charge in [-0.2, -0.15) is 0 Å². The highest BCUT2D eigenvalue weighted by molar-refractivity contribution is 5.83. The van der Waals surface area contributed by atoms with Gasteiger partial charge in [-0.25, -0.2) is 4.68 Å². The number of hydrogen-bond donors (Lipinski definition) is 1. The van der Waals surface area contributed by atoms with Crippen molar-refractivity contribution in [3.63, 3.8) is 0 Å². The van der Waals surface area contributed by atoms with Crippen LogP contribution in [0.25, 0.3) is 10.9 Å². The quantitative estimate of drug-likeness (QED) is 0.318. The average molecular weight is 498 g/mol. The first-order valence-electron chi connectivity index (χ1n) is 12.4. The van der Waals surface area contributed by atoms with E-state index in [0.717, 1.165) is 39.2 Å². The van der Waals surface area contributed by atoms with Crippen molar-refractivity contribution in [1.29, 1.82) is 0 Å². The van der Waals surface area contributed by atoms with Crippen molar-refractivity contribution in [3.05, 3.63) is 105 Å². The molecule has 5 aromatic rings. The predicted molar refractivity (Wildman–Crippen MR) is 141 cm³/mol. The topological polar surface area (TPSA) is 106 Å². The fourth-order valence-corrected chi connectivity index (χ4v) is 4.85. The highest BCUT2D eigenvalue weighted by atomic mass is 16.3. The van der Waals surface area contributed by atoms with Gasteiger partial charge >= 0.3 is 0 Å². The minimum Gasteiger partial charge on any atom is -0.467 e. The molecule has 5 rings (SSSR count). The molecule has 190 valence electrons. The van der Waals surface area contributed by atoms with Crippen molar-refractivity contribution in [2.75, 3.05) is 0 Å². The van der Waals surface area contributed by atoms with Gasteiger partial charge in [-0.05, 0) is 76.5 Å². The summed E-state index contributed by atoms with van der Waals surface area (Å²) in [7, 11) is 0. The van der Waals surface area contributed by atoms with Crippen molar-refractivity contribution in [3.8, 4) is 0 Å². The van der Waals surface area contributed by atoms with E-state index >= 15 is 0 Å². The lowest BCUT2D eigenvalue weighted by Gasteiger charge is -2.33. The van der Waals surface area contributed by atoms with Crippen LogP contribution in [0.15, 0.2) is 70.3 Å². The summed E-state index contributed by atoms with van der Waals surface area (Å²) in [5.41, 5.74) is 4.77. The molecule has 0 radical (unpaired) electrons. The number of hydrogen-bond acceptors (Lipinski definition) is 7. The Morgan fingerprint density at radius 1 is 1.11 bits per heavy atom. The molecular formula is C28H31N7O2. The first-order valence-corrected chi connectivity index (χ1v) is 12.4. The third kappa shape index (κ3) is 5.22. The molecule has 1 N–H and O–H groups in total. The van der Waals surface area contributed by atoms with Crippen LogP contribution in [0, 0.1) is 19.8 Å². The number of H-pyrrole nitrogens is 1. The fourth-order valence-electron chi connectivity index (χ4n) is 4.85. The Hall–Kier alpha value is -4.11. The SMILES string of the molecule is Cc1ccc2cc(CN(Cc3cccnc3)C(c3nnnn3Cc3ccco3)C(C)C)c(=O)[nH]c2c1C. The van der Waals surface area contributed by atoms with Gasteiger partial charge in [0.1, 0.15) is 12.3 Å². The summed E-state index contributed by atoms with van der Waals surface area (Å²) in [5.74, 6) is 1.65. The number of tetrazole rings is 1. The molecule has 4 heterocycles. The smallest absolute Gasteiger partial charge is 0.252 e. The summed E-state index contributed by atoms with van der Waals surface area (Å²) < 4.78 is 7.32. The number of aromatic amines is 1. The lowest BCUT2D eigenvalue weighted by molar-refractivity contribution is 0.125. The van der Waals surface area contributed by atoms with Crippen molar-refractivity contribution >= 4 is 10.9 Å². The Bertz CT molecular complexity index is 1540. The number of benzene rings is 1. The highest BCUT2D eigenvalue weighted by Crippen LogP contribution is 2.30. The maximum atomic E-state index is 13.3. The molecule has 1 atom stereocenters. The molecule has 0 aliphatic heterocycles. The van der Waals surface area contributed by atoms with Gasteiger partial charge in [0.05, 0.1) is 17.8 Å². The summed E-state index contributed by atoms with van der Waals surface area (Å²) in [6, 6.07) is 13.7. The van der Waals surface area contributed by atoms with Crippen LogP contribution in [0.5, 0.6) is 0 Å². The molecule has 37 heavy (non-hydrogen) atoms. The van der Waals surface area contributed by atoms with E-state index in [1.165, 1.54) is 0 Å². The van der Waals surface area contributed by atoms with E-state index in [1.54, 1.807) is 17.1 Å². The van der Waals surface area contributed by atoms with Gasteiger partial charge in [0.25, 0.3) is 5.56 Å². The second-order valence-electron chi connectivity index (χ2n) is 9.82. The Balaban J connectivity index is 1.56. The fraction of sp³-hybridized carbons (Fsp3) is 0.321. The number of fused-ring (bicyclic) bond motifs is 1. The number of nitrogens with one attached hydrogen (secondary N) is 1. The maximum absolute atomic E-state index is 13.3. The van der Waals surface area contributed by atoms with E-state index in [0.29, 0.717) is 25.2 Å². The molecule has 0 aliphatic carbocycles. The first-order chi connectivity index (χ1) is 17.9. The van der Waals surface area contributed by atoms with E-state index in [9.17, 15) is 4.79 Å². The molecule has 0 fully saturated rings. The number of aryl methyl sites for hydroxylation is 2. The van der Waals surface area contributed by atoms with Gasteiger partial charge in [0, 0.05) is 31.0 Å². The lowest BCUT2D eigenvalue weighted by Crippen LogP contribution is -2.35. The van der Waals surface area contributed by atoms with Crippen molar-refractivity contribution < 1.29 is 4.42 Å². The second kappa shape index (κ2) is 10.5. The van der Waals surface area contributed by atoms with Gasteiger partial charge in [-0.3, -0.25) is 14.7 Å². The average Bonchev–Trinajstić information content (AvgIpc) is 3.56. The second-order valence-corrected chi connectivity index (χ2v) is 9.82. The summed E-state index contributed by atoms with van der Waals surface area (Å²) in [6.45, 7) is 9.80. The van der Waals surface area contributed by atoms with Crippen LogP contribution in [-0.2, 0) is 19.6 Å². The molecule has 0 saturated carbocycles. The largest absolute Gasteiger partial charge is 0.467 e. The number of nitrogens with zero attached hydrogens (tertiary/aromatic N) is 6. The molecule has 1 aromatic carbocycles. The van der Waals surface area contributed by atoms with Crippen LogP contribution >= 0.6 is 0 Å². The Labute approximate surface area is 215 Å². The van der Waals surface area contributed by atoms with Crippen LogP contribution in [0.1, 0.15) is 53.7 Å². The Kier molecular flexibility index (Phi) is 6.96. The van der Waals surface area contributed by atoms with Gasteiger partial charge < -0.3 is 9.40 Å². The molecule has 9 heteroatoms. The number of aromatic nitrogens is 6. The van der Waals surface area contributed by atoms with Gasteiger partial charge in [-0.1, -0.05) is 32.0 Å². The Morgan fingerprint density at radius 2 is 1.97 bits per heavy atom. The van der Waals surface area contributed by atoms with E-state index in [4.69, 9.17) is 4.42 Å². The molecule has 9 nitrogen and oxygen atoms in total. The summed E-state index contributed by atoms with van der Waals surface area (Å²) >= 11 is 0. The summed E-state index contributed by atoms with van der Waals surface area (Å²) in [4.78, 5) is 23.0. The minimum atomic E-state index is -0.167. The summed E-state index contributed by atoms with van der Waals surface area (Å²) in [5, 5.41) is 13.7. The standard InChI is InChI=1S/C28H31N7O2/c1-18(2)26(27-31-32-33-35(27)17-24-8-6-12-37-24)34(15-21-7-5-11-29-14-21)16-23-13-22-10-9-19(3)20(4)25(22)30-28(23)36/h5-14,18,26H,15-17H2,1-4H3,(H,30,36). The zero-order chi connectivity index (χ0) is 25.9. The molecule has 0 saturated heterocycles. The Morgan fingerprint density at radius 3 is 2.70 bits per heavy atom. The van der Waals surface area contributed by atoms with Crippen LogP contribution in [0.4, 0.5) is 0 Å². The maximum Gasteiger partial charge on any atom is 0.252 e. The zero-order valence-corrected chi connectivity index (χ0v) is 21.5. The van der Waals surface area contributed by atoms with Crippen LogP contribution in [0.2, 0.25) is 0 Å². The lowest BCUT2D eigenvalue weighted by atomic mass is 9.99. The molecular weight excluding hydrogens is 466 g/mol. The molecule has 0 spiro atoms. The minimum absolute atomic E-state index is 0.0879. The monoisotopic (exact) mass is 497 g/mol.